The van der Waals surface area contributed by atoms with Gasteiger partial charge in [-0.1, -0.05) is 23.8 Å². The maximum Gasteiger partial charge on any atom is 0.119 e. The quantitative estimate of drug-likeness (QED) is 0.552. The van der Waals surface area contributed by atoms with Crippen molar-refractivity contribution >= 4 is 11.6 Å². The van der Waals surface area contributed by atoms with E-state index in [1.54, 1.807) is 19.1 Å². The van der Waals surface area contributed by atoms with E-state index in [-0.39, 0.29) is 5.03 Å². The van der Waals surface area contributed by atoms with E-state index in [0.717, 1.165) is 0 Å². The summed E-state index contributed by atoms with van der Waals surface area (Å²) in [5.74, 6) is 0. The highest BCUT2D eigenvalue weighted by molar-refractivity contribution is 6.31. The molecule has 12 heavy (non-hydrogen) atoms. The molecule has 0 radical (unpaired) electrons. The van der Waals surface area contributed by atoms with Crippen LogP contribution < -0.4 is 0 Å². The summed E-state index contributed by atoms with van der Waals surface area (Å²) in [5.41, 5.74) is 0.388. The van der Waals surface area contributed by atoms with Gasteiger partial charge in [-0.15, -0.1) is 0 Å². The topological polar surface area (TPSA) is 60.7 Å². The second-order valence-electron chi connectivity index (χ2n) is 2.68. The maximum atomic E-state index is 9.33. The maximum absolute atomic E-state index is 9.33. The zero-order valence-corrected chi connectivity index (χ0v) is 7.36. The molecular weight excluding hydrogens is 180 g/mol. The van der Waals surface area contributed by atoms with Crippen molar-refractivity contribution in [1.29, 1.82) is 0 Å². The Labute approximate surface area is 75.6 Å². The predicted octanol–water partition coefficient (Wildman–Crippen LogP) is 0.152. The summed E-state index contributed by atoms with van der Waals surface area (Å²) in [7, 11) is 0. The van der Waals surface area contributed by atoms with E-state index in [4.69, 9.17) is 11.6 Å². The lowest BCUT2D eigenvalue weighted by atomic mass is 10.1. The smallest absolute Gasteiger partial charge is 0.119 e. The molecule has 0 aromatic rings. The first-order chi connectivity index (χ1) is 5.59. The summed E-state index contributed by atoms with van der Waals surface area (Å²) < 4.78 is 0. The molecule has 3 nitrogen and oxygen atoms in total. The molecule has 3 atom stereocenters. The van der Waals surface area contributed by atoms with Crippen molar-refractivity contribution in [2.45, 2.75) is 25.2 Å². The highest BCUT2D eigenvalue weighted by atomic mass is 35.5. The summed E-state index contributed by atoms with van der Waals surface area (Å²) in [6, 6.07) is 0. The third-order valence-electron chi connectivity index (χ3n) is 1.85. The van der Waals surface area contributed by atoms with Gasteiger partial charge < -0.3 is 15.3 Å². The molecule has 0 fully saturated rings. The van der Waals surface area contributed by atoms with Crippen molar-refractivity contribution in [3.63, 3.8) is 0 Å². The first-order valence-corrected chi connectivity index (χ1v) is 4.03. The van der Waals surface area contributed by atoms with Crippen LogP contribution >= 0.6 is 11.6 Å². The monoisotopic (exact) mass is 190 g/mol. The molecule has 0 saturated carbocycles. The Morgan fingerprint density at radius 2 is 1.83 bits per heavy atom. The predicted molar refractivity (Wildman–Crippen MR) is 45.7 cm³/mol. The number of hydrogen-bond acceptors (Lipinski definition) is 3. The Kier molecular flexibility index (Phi) is 2.90. The number of aliphatic hydroxyl groups excluding tert-OH is 3. The largest absolute Gasteiger partial charge is 0.387 e. The van der Waals surface area contributed by atoms with Crippen LogP contribution in [0.3, 0.4) is 0 Å². The number of aliphatic hydroxyl groups is 3. The zero-order valence-electron chi connectivity index (χ0n) is 6.61. The van der Waals surface area contributed by atoms with Gasteiger partial charge in [0.15, 0.2) is 0 Å². The first-order valence-electron chi connectivity index (χ1n) is 3.66. The lowest BCUT2D eigenvalue weighted by Gasteiger charge is -2.11. The van der Waals surface area contributed by atoms with Gasteiger partial charge in [-0.3, -0.25) is 0 Å². The fraction of sp³-hybridized carbons (Fsp3) is 0.500. The minimum atomic E-state index is -1.20. The molecule has 0 bridgehead atoms. The summed E-state index contributed by atoms with van der Waals surface area (Å²) in [4.78, 5) is 0. The van der Waals surface area contributed by atoms with E-state index >= 15 is 0 Å². The molecule has 4 heteroatoms. The normalized spacial score (nSPS) is 36.9. The minimum absolute atomic E-state index is 0.119. The van der Waals surface area contributed by atoms with Gasteiger partial charge in [-0.05, 0) is 6.92 Å². The Balaban J connectivity index is 2.96. The van der Waals surface area contributed by atoms with Crippen molar-refractivity contribution in [1.82, 2.24) is 0 Å². The molecule has 0 unspecified atom stereocenters. The summed E-state index contributed by atoms with van der Waals surface area (Å²) in [6.07, 6.45) is -0.182. The van der Waals surface area contributed by atoms with E-state index in [0.29, 0.717) is 5.57 Å². The highest BCUT2D eigenvalue weighted by Crippen LogP contribution is 2.30. The Morgan fingerprint density at radius 3 is 2.17 bits per heavy atom. The van der Waals surface area contributed by atoms with E-state index in [2.05, 4.69) is 0 Å². The van der Waals surface area contributed by atoms with E-state index in [1.165, 1.54) is 0 Å². The molecular formula is C8H11ClO3. The SMILES string of the molecule is C/C=C/C1=C(Cl)[C@@H](O)[C@@H](O)[C@H]1O. The number of halogens is 1. The molecule has 0 heterocycles. The molecule has 0 aromatic carbocycles. The average Bonchev–Trinajstić information content (AvgIpc) is 2.23. The number of hydrogen-bond donors (Lipinski definition) is 3. The van der Waals surface area contributed by atoms with E-state index < -0.39 is 18.3 Å². The lowest BCUT2D eigenvalue weighted by molar-refractivity contribution is -0.0106. The Hall–Kier alpha value is -0.350. The molecule has 0 aromatic heterocycles. The average molecular weight is 191 g/mol. The van der Waals surface area contributed by atoms with Crippen molar-refractivity contribution in [3.05, 3.63) is 22.8 Å². The molecule has 1 aliphatic carbocycles. The molecule has 1 aliphatic rings. The molecule has 1 rings (SSSR count). The minimum Gasteiger partial charge on any atom is -0.387 e. The standard InChI is InChI=1S/C8H11ClO3/c1-2-3-4-5(9)7(11)8(12)6(4)10/h2-3,6-8,10-12H,1H3/b3-2+/t6-,7+,8-/m0/s1. The van der Waals surface area contributed by atoms with Gasteiger partial charge in [0.25, 0.3) is 0 Å². The Bertz CT molecular complexity index is 234. The zero-order chi connectivity index (χ0) is 9.30. The second-order valence-corrected chi connectivity index (χ2v) is 3.09. The fourth-order valence-electron chi connectivity index (χ4n) is 1.18. The van der Waals surface area contributed by atoms with Crippen LogP contribution in [0.15, 0.2) is 22.8 Å². The molecule has 0 saturated heterocycles. The van der Waals surface area contributed by atoms with Crippen molar-refractivity contribution in [2.75, 3.05) is 0 Å². The van der Waals surface area contributed by atoms with Gasteiger partial charge >= 0.3 is 0 Å². The third kappa shape index (κ3) is 1.41. The van der Waals surface area contributed by atoms with Crippen molar-refractivity contribution in [3.8, 4) is 0 Å². The van der Waals surface area contributed by atoms with Gasteiger partial charge in [-0.2, -0.15) is 0 Å². The second kappa shape index (κ2) is 3.58. The summed E-state index contributed by atoms with van der Waals surface area (Å²) >= 11 is 5.66. The van der Waals surface area contributed by atoms with Crippen LogP contribution in [0.5, 0.6) is 0 Å². The van der Waals surface area contributed by atoms with Crippen LogP contribution in [0.2, 0.25) is 0 Å². The molecule has 0 amide bonds. The number of allylic oxidation sites excluding steroid dienone is 1. The summed E-state index contributed by atoms with van der Waals surface area (Å²) in [5, 5.41) is 27.8. The van der Waals surface area contributed by atoms with Gasteiger partial charge in [-0.25, -0.2) is 0 Å². The lowest BCUT2D eigenvalue weighted by Crippen LogP contribution is -2.31. The van der Waals surface area contributed by atoms with Crippen molar-refractivity contribution in [2.24, 2.45) is 0 Å². The fourth-order valence-corrected chi connectivity index (χ4v) is 1.48. The van der Waals surface area contributed by atoms with Gasteiger partial charge in [0, 0.05) is 5.57 Å². The number of rotatable bonds is 1. The van der Waals surface area contributed by atoms with E-state index in [1.807, 2.05) is 0 Å². The van der Waals surface area contributed by atoms with E-state index in [9.17, 15) is 15.3 Å². The first kappa shape index (κ1) is 9.74. The molecule has 3 N–H and O–H groups in total. The van der Waals surface area contributed by atoms with Gasteiger partial charge in [0.05, 0.1) is 5.03 Å². The van der Waals surface area contributed by atoms with Crippen molar-refractivity contribution < 1.29 is 15.3 Å². The van der Waals surface area contributed by atoms with Crippen LogP contribution in [-0.4, -0.2) is 33.6 Å². The van der Waals surface area contributed by atoms with Crippen LogP contribution in [0.4, 0.5) is 0 Å². The molecule has 68 valence electrons. The molecule has 0 aliphatic heterocycles. The van der Waals surface area contributed by atoms with Gasteiger partial charge in [0.1, 0.15) is 18.3 Å². The Morgan fingerprint density at radius 1 is 1.25 bits per heavy atom. The summed E-state index contributed by atoms with van der Waals surface area (Å²) in [6.45, 7) is 1.76. The van der Waals surface area contributed by atoms with Crippen LogP contribution in [0.25, 0.3) is 0 Å². The van der Waals surface area contributed by atoms with Crippen LogP contribution in [0, 0.1) is 0 Å². The molecule has 0 spiro atoms. The highest BCUT2D eigenvalue weighted by Gasteiger charge is 2.37. The van der Waals surface area contributed by atoms with Crippen LogP contribution in [-0.2, 0) is 0 Å². The van der Waals surface area contributed by atoms with Crippen LogP contribution in [0.1, 0.15) is 6.92 Å². The van der Waals surface area contributed by atoms with Gasteiger partial charge in [0.2, 0.25) is 0 Å². The third-order valence-corrected chi connectivity index (χ3v) is 2.29.